The number of halogens is 1. The Balaban J connectivity index is 1.99. The third-order valence-electron chi connectivity index (χ3n) is 4.44. The predicted octanol–water partition coefficient (Wildman–Crippen LogP) is 4.52. The van der Waals surface area contributed by atoms with Crippen LogP contribution in [0.1, 0.15) is 24.0 Å². The summed E-state index contributed by atoms with van der Waals surface area (Å²) in [5.41, 5.74) is 9.73. The van der Waals surface area contributed by atoms with Crippen LogP contribution in [-0.4, -0.2) is 17.7 Å². The number of benzene rings is 2. The molecule has 0 spiro atoms. The van der Waals surface area contributed by atoms with Crippen LogP contribution in [0.25, 0.3) is 10.9 Å². The minimum Gasteiger partial charge on any atom is -0.494 e. The number of rotatable bonds is 6. The molecule has 24 heavy (non-hydrogen) atoms. The summed E-state index contributed by atoms with van der Waals surface area (Å²) in [6.45, 7) is 3.16. The topological polar surface area (TPSA) is 40.2 Å². The molecule has 2 aromatic carbocycles. The normalized spacial score (nSPS) is 12.5. The van der Waals surface area contributed by atoms with Gasteiger partial charge in [-0.05, 0) is 49.7 Å². The van der Waals surface area contributed by atoms with E-state index in [1.54, 1.807) is 0 Å². The number of aryl methyl sites for hydroxylation is 1. The van der Waals surface area contributed by atoms with Crippen LogP contribution in [0.2, 0.25) is 5.02 Å². The van der Waals surface area contributed by atoms with Gasteiger partial charge >= 0.3 is 0 Å². The van der Waals surface area contributed by atoms with E-state index in [0.29, 0.717) is 18.2 Å². The molecular weight excluding hydrogens is 320 g/mol. The maximum absolute atomic E-state index is 6.22. The van der Waals surface area contributed by atoms with E-state index in [2.05, 4.69) is 42.1 Å². The first-order valence-corrected chi connectivity index (χ1v) is 8.67. The Labute approximate surface area is 148 Å². The first-order chi connectivity index (χ1) is 11.6. The van der Waals surface area contributed by atoms with E-state index >= 15 is 0 Å². The number of aromatic nitrogens is 1. The third-order valence-corrected chi connectivity index (χ3v) is 4.68. The average Bonchev–Trinajstić information content (AvgIpc) is 2.91. The monoisotopic (exact) mass is 342 g/mol. The fourth-order valence-electron chi connectivity index (χ4n) is 3.30. The van der Waals surface area contributed by atoms with Crippen molar-refractivity contribution in [2.45, 2.75) is 19.3 Å². The van der Waals surface area contributed by atoms with Crippen LogP contribution < -0.4 is 10.5 Å². The van der Waals surface area contributed by atoms with E-state index in [-0.39, 0.29) is 5.92 Å². The summed E-state index contributed by atoms with van der Waals surface area (Å²) in [7, 11) is 2.08. The highest BCUT2D eigenvalue weighted by molar-refractivity contribution is 6.30. The van der Waals surface area contributed by atoms with Crippen LogP contribution in [-0.2, 0) is 13.5 Å². The molecule has 0 aliphatic carbocycles. The van der Waals surface area contributed by atoms with Gasteiger partial charge in [-0.3, -0.25) is 0 Å². The summed E-state index contributed by atoms with van der Waals surface area (Å²) in [6, 6.07) is 14.2. The molecule has 0 saturated heterocycles. The Morgan fingerprint density at radius 1 is 1.21 bits per heavy atom. The lowest BCUT2D eigenvalue weighted by atomic mass is 9.91. The van der Waals surface area contributed by atoms with Crippen molar-refractivity contribution < 1.29 is 4.74 Å². The van der Waals surface area contributed by atoms with E-state index in [1.165, 1.54) is 16.5 Å². The minimum absolute atomic E-state index is 0.163. The van der Waals surface area contributed by atoms with Crippen molar-refractivity contribution in [2.75, 3.05) is 13.2 Å². The van der Waals surface area contributed by atoms with Gasteiger partial charge in [-0.2, -0.15) is 0 Å². The smallest absolute Gasteiger partial charge is 0.122 e. The first kappa shape index (κ1) is 16.9. The zero-order valence-electron chi connectivity index (χ0n) is 14.1. The van der Waals surface area contributed by atoms with Crippen LogP contribution in [0.4, 0.5) is 0 Å². The Morgan fingerprint density at radius 3 is 2.75 bits per heavy atom. The molecule has 0 amide bonds. The lowest BCUT2D eigenvalue weighted by Gasteiger charge is -2.19. The van der Waals surface area contributed by atoms with Gasteiger partial charge in [0.2, 0.25) is 0 Å². The van der Waals surface area contributed by atoms with E-state index < -0.39 is 0 Å². The van der Waals surface area contributed by atoms with Gasteiger partial charge in [0.05, 0.1) is 6.61 Å². The summed E-state index contributed by atoms with van der Waals surface area (Å²) in [6.07, 6.45) is 3.05. The van der Waals surface area contributed by atoms with Gasteiger partial charge in [-0.15, -0.1) is 0 Å². The van der Waals surface area contributed by atoms with Gasteiger partial charge in [0, 0.05) is 40.7 Å². The summed E-state index contributed by atoms with van der Waals surface area (Å²) >= 11 is 6.22. The second-order valence-electron chi connectivity index (χ2n) is 6.03. The van der Waals surface area contributed by atoms with Gasteiger partial charge < -0.3 is 15.0 Å². The van der Waals surface area contributed by atoms with E-state index in [1.807, 2.05) is 25.1 Å². The van der Waals surface area contributed by atoms with Gasteiger partial charge in [-0.1, -0.05) is 29.8 Å². The quantitative estimate of drug-likeness (QED) is 0.715. The molecule has 0 aliphatic rings. The molecule has 126 valence electrons. The maximum atomic E-state index is 6.22. The molecule has 0 fully saturated rings. The molecule has 1 heterocycles. The zero-order valence-corrected chi connectivity index (χ0v) is 14.9. The van der Waals surface area contributed by atoms with E-state index in [4.69, 9.17) is 22.1 Å². The highest BCUT2D eigenvalue weighted by Gasteiger charge is 2.18. The fourth-order valence-corrected chi connectivity index (χ4v) is 3.48. The van der Waals surface area contributed by atoms with Crippen molar-refractivity contribution in [2.24, 2.45) is 12.8 Å². The molecule has 3 rings (SSSR count). The second-order valence-corrected chi connectivity index (χ2v) is 6.47. The second kappa shape index (κ2) is 7.29. The highest BCUT2D eigenvalue weighted by atomic mass is 35.5. The van der Waals surface area contributed by atoms with Crippen molar-refractivity contribution in [1.29, 1.82) is 0 Å². The molecule has 1 atom stereocenters. The Hall–Kier alpha value is -1.97. The summed E-state index contributed by atoms with van der Waals surface area (Å²) in [4.78, 5) is 0. The molecular formula is C20H23ClN2O. The highest BCUT2D eigenvalue weighted by Crippen LogP contribution is 2.33. The predicted molar refractivity (Wildman–Crippen MR) is 101 cm³/mol. The molecule has 3 aromatic rings. The molecule has 2 N–H and O–H groups in total. The SMILES string of the molecule is CCOc1ccc(Cl)cc1C(CN)Cc1cn(C)c2ccccc12. The zero-order chi connectivity index (χ0) is 17.1. The minimum atomic E-state index is 0.163. The number of ether oxygens (including phenoxy) is 1. The van der Waals surface area contributed by atoms with E-state index in [9.17, 15) is 0 Å². The van der Waals surface area contributed by atoms with Gasteiger partial charge in [0.15, 0.2) is 0 Å². The molecule has 0 aliphatic heterocycles. The van der Waals surface area contributed by atoms with E-state index in [0.717, 1.165) is 17.7 Å². The Morgan fingerprint density at radius 2 is 2.00 bits per heavy atom. The van der Waals surface area contributed by atoms with Crippen LogP contribution in [0.15, 0.2) is 48.7 Å². The number of hydrogen-bond acceptors (Lipinski definition) is 2. The molecule has 0 radical (unpaired) electrons. The van der Waals surface area contributed by atoms with Gasteiger partial charge in [0.25, 0.3) is 0 Å². The van der Waals surface area contributed by atoms with Crippen molar-refractivity contribution in [3.8, 4) is 5.75 Å². The van der Waals surface area contributed by atoms with Crippen molar-refractivity contribution in [1.82, 2.24) is 4.57 Å². The van der Waals surface area contributed by atoms with Crippen LogP contribution in [0.3, 0.4) is 0 Å². The van der Waals surface area contributed by atoms with Crippen molar-refractivity contribution in [3.05, 3.63) is 64.8 Å². The third kappa shape index (κ3) is 3.28. The molecule has 1 unspecified atom stereocenters. The first-order valence-electron chi connectivity index (χ1n) is 8.29. The standard InChI is InChI=1S/C20H23ClN2O/c1-3-24-20-9-8-16(21)11-18(20)14(12-22)10-15-13-23(2)19-7-5-4-6-17(15)19/h4-9,11,13-14H,3,10,12,22H2,1-2H3. The van der Waals surface area contributed by atoms with Crippen LogP contribution in [0, 0.1) is 0 Å². The van der Waals surface area contributed by atoms with Gasteiger partial charge in [0.1, 0.15) is 5.75 Å². The van der Waals surface area contributed by atoms with Gasteiger partial charge in [-0.25, -0.2) is 0 Å². The molecule has 0 bridgehead atoms. The average molecular weight is 343 g/mol. The van der Waals surface area contributed by atoms with Crippen LogP contribution >= 0.6 is 11.6 Å². The van der Waals surface area contributed by atoms with Crippen molar-refractivity contribution in [3.63, 3.8) is 0 Å². The molecule has 1 aromatic heterocycles. The maximum Gasteiger partial charge on any atom is 0.122 e. The molecule has 0 saturated carbocycles. The number of fused-ring (bicyclic) bond motifs is 1. The molecule has 4 heteroatoms. The Bertz CT molecular complexity index is 841. The Kier molecular flexibility index (Phi) is 5.12. The lowest BCUT2D eigenvalue weighted by Crippen LogP contribution is -2.16. The van der Waals surface area contributed by atoms with Crippen LogP contribution in [0.5, 0.6) is 5.75 Å². The summed E-state index contributed by atoms with van der Waals surface area (Å²) in [5, 5.41) is 1.99. The number of nitrogens with two attached hydrogens (primary N) is 1. The number of hydrogen-bond donors (Lipinski definition) is 1. The number of nitrogens with zero attached hydrogens (tertiary/aromatic N) is 1. The molecule has 3 nitrogen and oxygen atoms in total. The van der Waals surface area contributed by atoms with Crippen molar-refractivity contribution >= 4 is 22.5 Å². The lowest BCUT2D eigenvalue weighted by molar-refractivity contribution is 0.334. The summed E-state index contributed by atoms with van der Waals surface area (Å²) in [5.74, 6) is 1.04. The fraction of sp³-hybridized carbons (Fsp3) is 0.300. The largest absolute Gasteiger partial charge is 0.494 e. The number of para-hydroxylation sites is 1. The summed E-state index contributed by atoms with van der Waals surface area (Å²) < 4.78 is 7.95.